The Labute approximate surface area is 129 Å². The van der Waals surface area contributed by atoms with Gasteiger partial charge in [0.2, 0.25) is 11.6 Å². The van der Waals surface area contributed by atoms with Gasteiger partial charge in [-0.1, -0.05) is 44.8 Å². The predicted octanol–water partition coefficient (Wildman–Crippen LogP) is 5.71. The van der Waals surface area contributed by atoms with Gasteiger partial charge in [0.15, 0.2) is 17.4 Å². The van der Waals surface area contributed by atoms with E-state index in [2.05, 4.69) is 11.7 Å². The number of hydrogen-bond donors (Lipinski definition) is 0. The molecule has 22 heavy (non-hydrogen) atoms. The van der Waals surface area contributed by atoms with E-state index in [-0.39, 0.29) is 6.42 Å². The van der Waals surface area contributed by atoms with Gasteiger partial charge < -0.3 is 4.74 Å². The normalized spacial score (nSPS) is 11.4. The summed E-state index contributed by atoms with van der Waals surface area (Å²) < 4.78 is 58.8. The molecule has 0 atom stereocenters. The van der Waals surface area contributed by atoms with E-state index in [1.807, 2.05) is 0 Å². The minimum absolute atomic E-state index is 0.190. The van der Waals surface area contributed by atoms with Gasteiger partial charge in [-0.3, -0.25) is 0 Å². The van der Waals surface area contributed by atoms with Crippen LogP contribution in [0.25, 0.3) is 0 Å². The van der Waals surface area contributed by atoms with Gasteiger partial charge in [-0.05, 0) is 19.3 Å². The van der Waals surface area contributed by atoms with Crippen LogP contribution in [-0.2, 0) is 6.42 Å². The predicted molar refractivity (Wildman–Crippen MR) is 79.0 cm³/mol. The first kappa shape index (κ1) is 18.5. The molecule has 0 aliphatic carbocycles. The summed E-state index contributed by atoms with van der Waals surface area (Å²) in [4.78, 5) is 0. The lowest BCUT2D eigenvalue weighted by Crippen LogP contribution is -2.05. The highest BCUT2D eigenvalue weighted by Crippen LogP contribution is 2.30. The van der Waals surface area contributed by atoms with E-state index >= 15 is 0 Å². The molecule has 0 heterocycles. The first-order valence-electron chi connectivity index (χ1n) is 7.58. The Morgan fingerprint density at radius 2 is 1.41 bits per heavy atom. The average Bonchev–Trinajstić information content (AvgIpc) is 2.51. The highest BCUT2D eigenvalue weighted by Gasteiger charge is 2.25. The van der Waals surface area contributed by atoms with Crippen LogP contribution in [-0.4, -0.2) is 7.11 Å². The fourth-order valence-corrected chi connectivity index (χ4v) is 2.20. The fraction of sp³-hybridized carbons (Fsp3) is 0.529. The summed E-state index contributed by atoms with van der Waals surface area (Å²) in [6, 6.07) is 0. The molecule has 0 aromatic heterocycles. The Hall–Kier alpha value is -1.52. The van der Waals surface area contributed by atoms with E-state index in [0.717, 1.165) is 26.4 Å². The van der Waals surface area contributed by atoms with Gasteiger partial charge in [0, 0.05) is 5.56 Å². The summed E-state index contributed by atoms with van der Waals surface area (Å²) >= 11 is 0. The molecule has 0 radical (unpaired) electrons. The van der Waals surface area contributed by atoms with Crippen LogP contribution < -0.4 is 4.74 Å². The van der Waals surface area contributed by atoms with Crippen molar-refractivity contribution >= 4 is 0 Å². The number of allylic oxidation sites excluding steroid dienone is 2. The van der Waals surface area contributed by atoms with E-state index in [9.17, 15) is 17.6 Å². The average molecular weight is 318 g/mol. The number of methoxy groups -OCH3 is 1. The largest absolute Gasteiger partial charge is 0.491 e. The van der Waals surface area contributed by atoms with Crippen molar-refractivity contribution in [2.75, 3.05) is 7.11 Å². The Morgan fingerprint density at radius 3 is 1.95 bits per heavy atom. The number of ether oxygens (including phenoxy) is 1. The monoisotopic (exact) mass is 318 g/mol. The number of halogens is 4. The summed E-state index contributed by atoms with van der Waals surface area (Å²) in [6.07, 6.45) is 9.55. The highest BCUT2D eigenvalue weighted by atomic mass is 19.2. The molecule has 1 aromatic rings. The first-order valence-corrected chi connectivity index (χ1v) is 7.58. The van der Waals surface area contributed by atoms with E-state index in [1.165, 1.54) is 25.3 Å². The molecule has 0 amide bonds. The van der Waals surface area contributed by atoms with Gasteiger partial charge in [-0.2, -0.15) is 8.78 Å². The van der Waals surface area contributed by atoms with Crippen molar-refractivity contribution in [3.05, 3.63) is 41.0 Å². The summed E-state index contributed by atoms with van der Waals surface area (Å²) in [6.45, 7) is 2.14. The number of benzene rings is 1. The maximum atomic E-state index is 13.7. The van der Waals surface area contributed by atoms with Crippen LogP contribution in [0.15, 0.2) is 12.2 Å². The summed E-state index contributed by atoms with van der Waals surface area (Å²) in [7, 11) is 0.957. The van der Waals surface area contributed by atoms with Gasteiger partial charge in [0.25, 0.3) is 0 Å². The lowest BCUT2D eigenvalue weighted by molar-refractivity contribution is 0.329. The molecular weight excluding hydrogens is 296 g/mol. The molecule has 0 bridgehead atoms. The van der Waals surface area contributed by atoms with E-state index in [0.29, 0.717) is 0 Å². The fourth-order valence-electron chi connectivity index (χ4n) is 2.20. The van der Waals surface area contributed by atoms with Crippen molar-refractivity contribution in [1.82, 2.24) is 0 Å². The van der Waals surface area contributed by atoms with Crippen LogP contribution in [0.2, 0.25) is 0 Å². The minimum Gasteiger partial charge on any atom is -0.491 e. The SMILES string of the molecule is CCCCCCC/C=C\Cc1c(F)c(F)c(OC)c(F)c1F. The molecular formula is C17H22F4O. The van der Waals surface area contributed by atoms with Gasteiger partial charge >= 0.3 is 0 Å². The Bertz CT molecular complexity index is 483. The number of hydrogen-bond acceptors (Lipinski definition) is 1. The molecule has 124 valence electrons. The van der Waals surface area contributed by atoms with Gasteiger partial charge in [0.1, 0.15) is 0 Å². The summed E-state index contributed by atoms with van der Waals surface area (Å²) in [5.74, 6) is -6.82. The number of rotatable bonds is 9. The molecule has 1 rings (SSSR count). The van der Waals surface area contributed by atoms with E-state index in [4.69, 9.17) is 0 Å². The lowest BCUT2D eigenvalue weighted by Gasteiger charge is -2.09. The van der Waals surface area contributed by atoms with Crippen molar-refractivity contribution in [1.29, 1.82) is 0 Å². The third kappa shape index (κ3) is 4.75. The molecule has 1 nitrogen and oxygen atoms in total. The highest BCUT2D eigenvalue weighted by molar-refractivity contribution is 5.35. The number of unbranched alkanes of at least 4 members (excludes halogenated alkanes) is 5. The molecule has 5 heteroatoms. The maximum Gasteiger partial charge on any atom is 0.204 e. The third-order valence-electron chi connectivity index (χ3n) is 3.48. The molecule has 0 saturated heterocycles. The molecule has 0 N–H and O–H groups in total. The zero-order valence-corrected chi connectivity index (χ0v) is 13.0. The lowest BCUT2D eigenvalue weighted by atomic mass is 10.1. The molecule has 0 aliphatic heterocycles. The van der Waals surface area contributed by atoms with Crippen LogP contribution in [0.5, 0.6) is 5.75 Å². The van der Waals surface area contributed by atoms with Gasteiger partial charge in [0.05, 0.1) is 7.11 Å². The van der Waals surface area contributed by atoms with E-state index < -0.39 is 34.6 Å². The van der Waals surface area contributed by atoms with Crippen molar-refractivity contribution < 1.29 is 22.3 Å². The van der Waals surface area contributed by atoms with Crippen molar-refractivity contribution in [3.63, 3.8) is 0 Å². The van der Waals surface area contributed by atoms with E-state index in [1.54, 1.807) is 6.08 Å². The standard InChI is InChI=1S/C17H22F4O/c1-3-4-5-6-7-8-9-10-11-12-13(18)15(20)17(22-2)16(21)14(12)19/h9-10H,3-8,11H2,1-2H3/b10-9-. The van der Waals surface area contributed by atoms with Crippen LogP contribution in [0.3, 0.4) is 0 Å². The zero-order valence-electron chi connectivity index (χ0n) is 13.0. The van der Waals surface area contributed by atoms with Crippen molar-refractivity contribution in [2.24, 2.45) is 0 Å². The van der Waals surface area contributed by atoms with Crippen LogP contribution in [0, 0.1) is 23.3 Å². The van der Waals surface area contributed by atoms with Gasteiger partial charge in [-0.25, -0.2) is 8.78 Å². The third-order valence-corrected chi connectivity index (χ3v) is 3.48. The summed E-state index contributed by atoms with van der Waals surface area (Å²) in [5.41, 5.74) is -0.613. The Balaban J connectivity index is 2.63. The second kappa shape index (κ2) is 9.49. The maximum absolute atomic E-state index is 13.7. The van der Waals surface area contributed by atoms with Crippen LogP contribution in [0.1, 0.15) is 51.0 Å². The summed E-state index contributed by atoms with van der Waals surface area (Å²) in [5, 5.41) is 0. The van der Waals surface area contributed by atoms with Crippen molar-refractivity contribution in [3.8, 4) is 5.75 Å². The smallest absolute Gasteiger partial charge is 0.204 e. The van der Waals surface area contributed by atoms with Crippen LogP contribution >= 0.6 is 0 Å². The second-order valence-corrected chi connectivity index (χ2v) is 5.15. The first-order chi connectivity index (χ1) is 10.5. The van der Waals surface area contributed by atoms with Gasteiger partial charge in [-0.15, -0.1) is 0 Å². The minimum atomic E-state index is -1.50. The molecule has 0 saturated carbocycles. The van der Waals surface area contributed by atoms with Crippen molar-refractivity contribution in [2.45, 2.75) is 51.9 Å². The zero-order chi connectivity index (χ0) is 16.5. The van der Waals surface area contributed by atoms with Crippen LogP contribution in [0.4, 0.5) is 17.6 Å². The Kier molecular flexibility index (Phi) is 7.99. The topological polar surface area (TPSA) is 9.23 Å². The second-order valence-electron chi connectivity index (χ2n) is 5.15. The molecule has 0 spiro atoms. The molecule has 0 fully saturated rings. The quantitative estimate of drug-likeness (QED) is 0.245. The molecule has 1 aromatic carbocycles. The Morgan fingerprint density at radius 1 is 0.818 bits per heavy atom. The molecule has 0 unspecified atom stereocenters. The molecule has 0 aliphatic rings.